The maximum Gasteiger partial charge on any atom is 0.356 e. The summed E-state index contributed by atoms with van der Waals surface area (Å²) in [6.07, 6.45) is 1.34. The van der Waals surface area contributed by atoms with Crippen LogP contribution >= 0.6 is 11.3 Å². The Kier molecular flexibility index (Phi) is 5.72. The Bertz CT molecular complexity index is 885. The zero-order valence-electron chi connectivity index (χ0n) is 13.9. The Morgan fingerprint density at radius 1 is 1.38 bits per heavy atom. The number of esters is 1. The molecule has 0 bridgehead atoms. The lowest BCUT2D eigenvalue weighted by atomic mass is 10.1. The van der Waals surface area contributed by atoms with E-state index in [0.29, 0.717) is 5.56 Å². The maximum atomic E-state index is 12.2. The van der Waals surface area contributed by atoms with Crippen LogP contribution in [0.3, 0.4) is 0 Å². The van der Waals surface area contributed by atoms with Gasteiger partial charge >= 0.3 is 11.9 Å². The van der Waals surface area contributed by atoms with Crippen molar-refractivity contribution in [3.8, 4) is 0 Å². The summed E-state index contributed by atoms with van der Waals surface area (Å²) in [5, 5.41) is 15.2. The molecular weight excluding hydrogens is 364 g/mol. The van der Waals surface area contributed by atoms with Gasteiger partial charge in [-0.1, -0.05) is 0 Å². The number of carbonyl (C=O) groups excluding carboxylic acids is 3. The van der Waals surface area contributed by atoms with E-state index >= 15 is 0 Å². The zero-order chi connectivity index (χ0) is 19.4. The molecule has 2 rings (SSSR count). The van der Waals surface area contributed by atoms with Gasteiger partial charge in [-0.15, -0.1) is 11.3 Å². The van der Waals surface area contributed by atoms with Crippen LogP contribution in [-0.2, 0) is 16.1 Å². The van der Waals surface area contributed by atoms with Gasteiger partial charge < -0.3 is 20.9 Å². The first-order chi connectivity index (χ1) is 12.2. The number of carboxylic acids is 1. The van der Waals surface area contributed by atoms with Gasteiger partial charge in [-0.2, -0.15) is 5.10 Å². The van der Waals surface area contributed by atoms with E-state index < -0.39 is 23.8 Å². The highest BCUT2D eigenvalue weighted by Crippen LogP contribution is 2.33. The number of hydrogen-bond acceptors (Lipinski definition) is 7. The molecule has 0 aliphatic rings. The van der Waals surface area contributed by atoms with Gasteiger partial charge in [-0.05, 0) is 25.5 Å². The van der Waals surface area contributed by atoms with Crippen LogP contribution in [-0.4, -0.2) is 45.2 Å². The van der Waals surface area contributed by atoms with Crippen molar-refractivity contribution in [1.82, 2.24) is 9.78 Å². The number of anilines is 1. The van der Waals surface area contributed by atoms with Gasteiger partial charge in [0.2, 0.25) is 5.91 Å². The highest BCUT2D eigenvalue weighted by Gasteiger charge is 2.25. The molecule has 0 saturated heterocycles. The maximum absolute atomic E-state index is 12.2. The number of ether oxygens (including phenoxy) is 1. The first-order valence-electron chi connectivity index (χ1n) is 7.41. The average molecular weight is 380 g/mol. The number of rotatable bonds is 7. The van der Waals surface area contributed by atoms with E-state index in [-0.39, 0.29) is 34.3 Å². The molecule has 10 nitrogen and oxygen atoms in total. The van der Waals surface area contributed by atoms with Gasteiger partial charge in [0.05, 0.1) is 17.0 Å². The number of nitrogens with two attached hydrogens (primary N) is 1. The van der Waals surface area contributed by atoms with E-state index in [1.807, 2.05) is 0 Å². The molecule has 11 heteroatoms. The summed E-state index contributed by atoms with van der Waals surface area (Å²) < 4.78 is 6.09. The molecule has 0 aromatic carbocycles. The number of nitrogens with zero attached hydrogens (tertiary/aromatic N) is 2. The van der Waals surface area contributed by atoms with E-state index in [1.54, 1.807) is 6.92 Å². The molecule has 0 fully saturated rings. The predicted molar refractivity (Wildman–Crippen MR) is 91.3 cm³/mol. The number of nitrogens with one attached hydrogen (secondary N) is 1. The van der Waals surface area contributed by atoms with Gasteiger partial charge in [-0.3, -0.25) is 14.3 Å². The summed E-state index contributed by atoms with van der Waals surface area (Å²) in [6, 6.07) is 1.25. The number of carboxylic acid groups (broad SMARTS) is 1. The molecule has 0 aliphatic heterocycles. The Hall–Kier alpha value is -3.21. The van der Waals surface area contributed by atoms with Gasteiger partial charge in [0.15, 0.2) is 5.69 Å². The lowest BCUT2D eigenvalue weighted by Gasteiger charge is -2.07. The number of carbonyl (C=O) groups is 4. The number of hydrogen-bond donors (Lipinski definition) is 3. The standard InChI is InChI=1S/C15H16N4O6S/c1-3-25-15(24)10-7(2)11(12(16)21)26-13(10)17-9(20)6-19-5-4-8(18-19)14(22)23/h4-5H,3,6H2,1-2H3,(H2,16,21)(H,17,20)(H,22,23). The lowest BCUT2D eigenvalue weighted by Crippen LogP contribution is -2.20. The van der Waals surface area contributed by atoms with Crippen LogP contribution in [0, 0.1) is 6.92 Å². The van der Waals surface area contributed by atoms with Crippen LogP contribution in [0.1, 0.15) is 43.0 Å². The molecule has 2 heterocycles. The fourth-order valence-corrected chi connectivity index (χ4v) is 3.23. The quantitative estimate of drug-likeness (QED) is 0.602. The van der Waals surface area contributed by atoms with E-state index in [2.05, 4.69) is 10.4 Å². The SMILES string of the molecule is CCOC(=O)c1c(NC(=O)Cn2ccc(C(=O)O)n2)sc(C(N)=O)c1C. The van der Waals surface area contributed by atoms with E-state index in [9.17, 15) is 19.2 Å². The Morgan fingerprint density at radius 2 is 2.08 bits per heavy atom. The summed E-state index contributed by atoms with van der Waals surface area (Å²) in [4.78, 5) is 46.8. The number of primary amides is 1. The molecule has 2 aromatic heterocycles. The van der Waals surface area contributed by atoms with E-state index in [1.165, 1.54) is 19.2 Å². The monoisotopic (exact) mass is 380 g/mol. The second-order valence-electron chi connectivity index (χ2n) is 5.10. The van der Waals surface area contributed by atoms with Crippen molar-refractivity contribution in [2.45, 2.75) is 20.4 Å². The predicted octanol–water partition coefficient (Wildman–Crippen LogP) is 0.866. The normalized spacial score (nSPS) is 10.4. The highest BCUT2D eigenvalue weighted by atomic mass is 32.1. The Balaban J connectivity index is 2.24. The molecular formula is C15H16N4O6S. The van der Waals surface area contributed by atoms with Crippen molar-refractivity contribution in [2.75, 3.05) is 11.9 Å². The van der Waals surface area contributed by atoms with Crippen molar-refractivity contribution in [2.24, 2.45) is 5.73 Å². The second kappa shape index (κ2) is 7.78. The van der Waals surface area contributed by atoms with E-state index in [4.69, 9.17) is 15.6 Å². The molecule has 26 heavy (non-hydrogen) atoms. The van der Waals surface area contributed by atoms with Crippen LogP contribution < -0.4 is 11.1 Å². The lowest BCUT2D eigenvalue weighted by molar-refractivity contribution is -0.116. The van der Waals surface area contributed by atoms with Crippen LogP contribution in [0.15, 0.2) is 12.3 Å². The average Bonchev–Trinajstić information content (AvgIpc) is 3.12. The van der Waals surface area contributed by atoms with E-state index in [0.717, 1.165) is 16.0 Å². The van der Waals surface area contributed by atoms with Crippen molar-refractivity contribution < 1.29 is 29.0 Å². The zero-order valence-corrected chi connectivity index (χ0v) is 14.8. The molecule has 0 aliphatic carbocycles. The molecule has 0 unspecified atom stereocenters. The minimum absolute atomic E-state index is 0.0608. The number of aromatic carboxylic acids is 1. The van der Waals surface area contributed by atoms with Crippen LogP contribution in [0.4, 0.5) is 5.00 Å². The molecule has 0 radical (unpaired) electrons. The first kappa shape index (κ1) is 19.1. The Morgan fingerprint density at radius 3 is 2.62 bits per heavy atom. The smallest absolute Gasteiger partial charge is 0.356 e. The third-order valence-electron chi connectivity index (χ3n) is 3.27. The van der Waals surface area contributed by atoms with Crippen molar-refractivity contribution in [1.29, 1.82) is 0 Å². The van der Waals surface area contributed by atoms with Crippen LogP contribution in [0.2, 0.25) is 0 Å². The largest absolute Gasteiger partial charge is 0.476 e. The first-order valence-corrected chi connectivity index (χ1v) is 8.23. The second-order valence-corrected chi connectivity index (χ2v) is 6.12. The Labute approximate surface area is 151 Å². The minimum atomic E-state index is -1.21. The molecule has 138 valence electrons. The van der Waals surface area contributed by atoms with Gasteiger partial charge in [0.25, 0.3) is 5.91 Å². The van der Waals surface area contributed by atoms with Crippen LogP contribution in [0.25, 0.3) is 0 Å². The summed E-state index contributed by atoms with van der Waals surface area (Å²) in [5.41, 5.74) is 5.48. The van der Waals surface area contributed by atoms with Gasteiger partial charge in [0.1, 0.15) is 11.5 Å². The highest BCUT2D eigenvalue weighted by molar-refractivity contribution is 7.18. The number of amides is 2. The van der Waals surface area contributed by atoms with Crippen molar-refractivity contribution in [3.05, 3.63) is 34.0 Å². The van der Waals surface area contributed by atoms with Crippen molar-refractivity contribution in [3.63, 3.8) is 0 Å². The van der Waals surface area contributed by atoms with Gasteiger partial charge in [0, 0.05) is 6.20 Å². The van der Waals surface area contributed by atoms with Gasteiger partial charge in [-0.25, -0.2) is 9.59 Å². The molecule has 2 aromatic rings. The fourth-order valence-electron chi connectivity index (χ4n) is 2.16. The number of aromatic nitrogens is 2. The number of thiophene rings is 1. The molecule has 4 N–H and O–H groups in total. The van der Waals surface area contributed by atoms with Crippen molar-refractivity contribution >= 4 is 40.1 Å². The summed E-state index contributed by atoms with van der Waals surface area (Å²) in [5.74, 6) is -3.19. The third kappa shape index (κ3) is 4.06. The topological polar surface area (TPSA) is 154 Å². The van der Waals surface area contributed by atoms with Crippen LogP contribution in [0.5, 0.6) is 0 Å². The fraction of sp³-hybridized carbons (Fsp3) is 0.267. The summed E-state index contributed by atoms with van der Waals surface area (Å²) in [6.45, 7) is 3.01. The molecule has 2 amide bonds. The third-order valence-corrected chi connectivity index (χ3v) is 4.49. The molecule has 0 spiro atoms. The summed E-state index contributed by atoms with van der Waals surface area (Å²) >= 11 is 0.866. The molecule has 0 saturated carbocycles. The summed E-state index contributed by atoms with van der Waals surface area (Å²) in [7, 11) is 0. The minimum Gasteiger partial charge on any atom is -0.476 e. The molecule has 0 atom stereocenters.